The van der Waals surface area contributed by atoms with Crippen molar-refractivity contribution in [3.05, 3.63) is 0 Å². The highest BCUT2D eigenvalue weighted by Gasteiger charge is 2.33. The number of carbonyl (C=O) groups is 1. The number of amides is 1. The Labute approximate surface area is 104 Å². The van der Waals surface area contributed by atoms with Crippen molar-refractivity contribution in [3.8, 4) is 0 Å². The molecule has 0 aliphatic carbocycles. The van der Waals surface area contributed by atoms with Crippen LogP contribution in [-0.2, 0) is 14.6 Å². The minimum absolute atomic E-state index is 0.0639. The lowest BCUT2D eigenvalue weighted by molar-refractivity contribution is -0.124. The van der Waals surface area contributed by atoms with Crippen LogP contribution in [0.2, 0.25) is 0 Å². The molecule has 0 heterocycles. The van der Waals surface area contributed by atoms with Crippen molar-refractivity contribution >= 4 is 15.7 Å². The summed E-state index contributed by atoms with van der Waals surface area (Å²) < 4.78 is 21.9. The van der Waals surface area contributed by atoms with E-state index in [1.54, 1.807) is 13.8 Å². The predicted molar refractivity (Wildman–Crippen MR) is 69.4 cm³/mol. The quantitative estimate of drug-likeness (QED) is 0.764. The number of hydrogen-bond acceptors (Lipinski definition) is 4. The lowest BCUT2D eigenvalue weighted by Crippen LogP contribution is -2.52. The van der Waals surface area contributed by atoms with E-state index in [0.717, 1.165) is 6.26 Å². The van der Waals surface area contributed by atoms with Crippen molar-refractivity contribution in [2.75, 3.05) is 12.8 Å². The van der Waals surface area contributed by atoms with Crippen molar-refractivity contribution in [1.82, 2.24) is 5.32 Å². The standard InChI is InChI=1S/C11H24N2O3S/c1-10(2,3)8(12)9(14)13-7-11(4,5)17(6,15)16/h8H,7,12H2,1-6H3,(H,13,14). The second-order valence-corrected chi connectivity index (χ2v) is 8.74. The fourth-order valence-corrected chi connectivity index (χ4v) is 1.27. The number of nitrogens with two attached hydrogens (primary N) is 1. The predicted octanol–water partition coefficient (Wildman–Crippen LogP) is 0.299. The summed E-state index contributed by atoms with van der Waals surface area (Å²) in [6.07, 6.45) is 1.16. The van der Waals surface area contributed by atoms with Crippen LogP contribution in [0.15, 0.2) is 0 Å². The van der Waals surface area contributed by atoms with Crippen LogP contribution in [0.25, 0.3) is 0 Å². The van der Waals surface area contributed by atoms with Crippen LogP contribution in [0.1, 0.15) is 34.6 Å². The number of sulfone groups is 1. The Bertz CT molecular complexity index is 380. The lowest BCUT2D eigenvalue weighted by atomic mass is 9.87. The second kappa shape index (κ2) is 4.94. The van der Waals surface area contributed by atoms with Gasteiger partial charge in [-0.15, -0.1) is 0 Å². The number of carbonyl (C=O) groups excluding carboxylic acids is 1. The minimum Gasteiger partial charge on any atom is -0.353 e. The molecule has 0 aliphatic heterocycles. The van der Waals surface area contributed by atoms with Gasteiger partial charge in [0.15, 0.2) is 9.84 Å². The van der Waals surface area contributed by atoms with Crippen molar-refractivity contribution in [2.45, 2.75) is 45.4 Å². The normalized spacial score (nSPS) is 15.5. The van der Waals surface area contributed by atoms with Crippen molar-refractivity contribution in [2.24, 2.45) is 11.1 Å². The van der Waals surface area contributed by atoms with Crippen molar-refractivity contribution < 1.29 is 13.2 Å². The summed E-state index contributed by atoms with van der Waals surface area (Å²) in [5.41, 5.74) is 5.42. The summed E-state index contributed by atoms with van der Waals surface area (Å²) >= 11 is 0. The highest BCUT2D eigenvalue weighted by atomic mass is 32.2. The maximum absolute atomic E-state index is 11.7. The first-order valence-corrected chi connectivity index (χ1v) is 7.41. The third-order valence-corrected chi connectivity index (χ3v) is 5.06. The van der Waals surface area contributed by atoms with E-state index in [4.69, 9.17) is 5.73 Å². The molecule has 1 atom stereocenters. The highest BCUT2D eigenvalue weighted by Crippen LogP contribution is 2.18. The van der Waals surface area contributed by atoms with Gasteiger partial charge in [0.25, 0.3) is 0 Å². The molecule has 0 aromatic heterocycles. The Morgan fingerprint density at radius 1 is 1.24 bits per heavy atom. The first kappa shape index (κ1) is 16.4. The summed E-state index contributed by atoms with van der Waals surface area (Å²) in [5.74, 6) is -0.325. The van der Waals surface area contributed by atoms with Crippen LogP contribution in [0.5, 0.6) is 0 Å². The van der Waals surface area contributed by atoms with Gasteiger partial charge in [-0.1, -0.05) is 20.8 Å². The summed E-state index contributed by atoms with van der Waals surface area (Å²) in [7, 11) is -3.21. The number of hydrogen-bond donors (Lipinski definition) is 2. The molecule has 0 rings (SSSR count). The van der Waals surface area contributed by atoms with E-state index in [9.17, 15) is 13.2 Å². The maximum Gasteiger partial charge on any atom is 0.237 e. The molecule has 0 aromatic carbocycles. The van der Waals surface area contributed by atoms with Gasteiger partial charge >= 0.3 is 0 Å². The molecule has 102 valence electrons. The molecule has 0 saturated heterocycles. The average molecular weight is 264 g/mol. The first-order chi connectivity index (χ1) is 7.29. The number of nitrogens with one attached hydrogen (secondary N) is 1. The third kappa shape index (κ3) is 4.63. The molecule has 1 amide bonds. The first-order valence-electron chi connectivity index (χ1n) is 5.52. The van der Waals surface area contributed by atoms with E-state index < -0.39 is 20.6 Å². The van der Waals surface area contributed by atoms with Gasteiger partial charge in [0.1, 0.15) is 0 Å². The van der Waals surface area contributed by atoms with E-state index in [1.165, 1.54) is 0 Å². The van der Waals surface area contributed by atoms with Gasteiger partial charge in [0.2, 0.25) is 5.91 Å². The molecule has 6 heteroatoms. The van der Waals surface area contributed by atoms with E-state index in [0.29, 0.717) is 0 Å². The Hall–Kier alpha value is -0.620. The molecule has 1 unspecified atom stereocenters. The molecule has 0 radical (unpaired) electrons. The average Bonchev–Trinajstić information content (AvgIpc) is 2.09. The molecule has 3 N–H and O–H groups in total. The molecule has 0 spiro atoms. The fraction of sp³-hybridized carbons (Fsp3) is 0.909. The molecule has 0 saturated carbocycles. The highest BCUT2D eigenvalue weighted by molar-refractivity contribution is 7.92. The largest absolute Gasteiger partial charge is 0.353 e. The van der Waals surface area contributed by atoms with Gasteiger partial charge in [-0.2, -0.15) is 0 Å². The van der Waals surface area contributed by atoms with Gasteiger partial charge in [-0.3, -0.25) is 4.79 Å². The SMILES string of the molecule is CC(C)(C)C(N)C(=O)NCC(C)(C)S(C)(=O)=O. The topological polar surface area (TPSA) is 89.3 Å². The van der Waals surface area contributed by atoms with E-state index >= 15 is 0 Å². The molecular weight excluding hydrogens is 240 g/mol. The van der Waals surface area contributed by atoms with Crippen LogP contribution in [-0.4, -0.2) is 37.9 Å². The van der Waals surface area contributed by atoms with E-state index in [1.807, 2.05) is 20.8 Å². The monoisotopic (exact) mass is 264 g/mol. The fourth-order valence-electron chi connectivity index (χ4n) is 0.934. The van der Waals surface area contributed by atoms with Gasteiger partial charge in [-0.05, 0) is 19.3 Å². The molecule has 0 fully saturated rings. The second-order valence-electron chi connectivity index (χ2n) is 6.09. The molecule has 17 heavy (non-hydrogen) atoms. The van der Waals surface area contributed by atoms with Crippen LogP contribution >= 0.6 is 0 Å². The van der Waals surface area contributed by atoms with Crippen LogP contribution in [0.3, 0.4) is 0 Å². The third-order valence-electron chi connectivity index (χ3n) is 2.91. The summed E-state index contributed by atoms with van der Waals surface area (Å²) in [5, 5.41) is 2.59. The molecular formula is C11H24N2O3S. The minimum atomic E-state index is -3.21. The Balaban J connectivity index is 4.57. The van der Waals surface area contributed by atoms with Gasteiger partial charge in [-0.25, -0.2) is 8.42 Å². The lowest BCUT2D eigenvalue weighted by Gasteiger charge is -2.28. The molecule has 0 aliphatic rings. The maximum atomic E-state index is 11.7. The zero-order chi connectivity index (χ0) is 14.1. The van der Waals surface area contributed by atoms with E-state index in [-0.39, 0.29) is 17.9 Å². The van der Waals surface area contributed by atoms with Crippen LogP contribution < -0.4 is 11.1 Å². The van der Waals surface area contributed by atoms with Crippen molar-refractivity contribution in [1.29, 1.82) is 0 Å². The Kier molecular flexibility index (Phi) is 4.76. The van der Waals surface area contributed by atoms with Crippen molar-refractivity contribution in [3.63, 3.8) is 0 Å². The van der Waals surface area contributed by atoms with Crippen LogP contribution in [0.4, 0.5) is 0 Å². The molecule has 0 aromatic rings. The molecule has 0 bridgehead atoms. The Morgan fingerprint density at radius 2 is 1.65 bits per heavy atom. The molecule has 5 nitrogen and oxygen atoms in total. The zero-order valence-corrected chi connectivity index (χ0v) is 12.3. The van der Waals surface area contributed by atoms with Gasteiger partial charge < -0.3 is 11.1 Å². The summed E-state index contributed by atoms with van der Waals surface area (Å²) in [4.78, 5) is 11.7. The van der Waals surface area contributed by atoms with Crippen LogP contribution in [0, 0.1) is 5.41 Å². The smallest absolute Gasteiger partial charge is 0.237 e. The van der Waals surface area contributed by atoms with Gasteiger partial charge in [0.05, 0.1) is 10.8 Å². The van der Waals surface area contributed by atoms with Gasteiger partial charge in [0, 0.05) is 12.8 Å². The Morgan fingerprint density at radius 3 is 1.94 bits per heavy atom. The van der Waals surface area contributed by atoms with E-state index in [2.05, 4.69) is 5.32 Å². The summed E-state index contributed by atoms with van der Waals surface area (Å²) in [6.45, 7) is 8.79. The number of rotatable bonds is 4. The summed E-state index contributed by atoms with van der Waals surface area (Å²) in [6, 6.07) is -0.655. The zero-order valence-electron chi connectivity index (χ0n) is 11.5.